The van der Waals surface area contributed by atoms with Crippen LogP contribution in [0.1, 0.15) is 33.8 Å². The molecule has 1 aliphatic heterocycles. The number of carbonyl (C=O) groups is 1. The highest BCUT2D eigenvalue weighted by atomic mass is 32.1. The topological polar surface area (TPSA) is 20.3 Å². The summed E-state index contributed by atoms with van der Waals surface area (Å²) >= 11 is 1.60. The molecular weight excluding hydrogens is 194 g/mol. The lowest BCUT2D eigenvalue weighted by atomic mass is 10.1. The Labute approximate surface area is 88.5 Å². The molecule has 0 spiro atoms. The average molecular weight is 209 g/mol. The second-order valence-corrected chi connectivity index (χ2v) is 5.05. The molecule has 0 radical (unpaired) electrons. The number of thiophene rings is 1. The van der Waals surface area contributed by atoms with Gasteiger partial charge in [0.1, 0.15) is 0 Å². The van der Waals surface area contributed by atoms with E-state index in [9.17, 15) is 4.79 Å². The fourth-order valence-electron chi connectivity index (χ4n) is 1.80. The Morgan fingerprint density at radius 2 is 2.00 bits per heavy atom. The third-order valence-electron chi connectivity index (χ3n) is 2.59. The molecule has 1 saturated heterocycles. The standard InChI is InChI=1S/C11H15NOS/c1-9-5-6-10(14-9)11(13)12-7-3-2-4-8-12/h5-6H,2-4,7-8H2,1H3. The van der Waals surface area contributed by atoms with E-state index in [1.165, 1.54) is 11.3 Å². The van der Waals surface area contributed by atoms with Crippen molar-refractivity contribution in [2.45, 2.75) is 26.2 Å². The summed E-state index contributed by atoms with van der Waals surface area (Å²) < 4.78 is 0. The van der Waals surface area contributed by atoms with E-state index in [2.05, 4.69) is 0 Å². The molecule has 3 heteroatoms. The third-order valence-corrected chi connectivity index (χ3v) is 3.58. The molecule has 14 heavy (non-hydrogen) atoms. The van der Waals surface area contributed by atoms with Crippen molar-refractivity contribution in [3.05, 3.63) is 21.9 Å². The van der Waals surface area contributed by atoms with Gasteiger partial charge in [0.2, 0.25) is 0 Å². The maximum absolute atomic E-state index is 11.9. The van der Waals surface area contributed by atoms with Crippen molar-refractivity contribution >= 4 is 17.2 Å². The number of hydrogen-bond donors (Lipinski definition) is 0. The van der Waals surface area contributed by atoms with Gasteiger partial charge in [0.15, 0.2) is 0 Å². The molecule has 2 rings (SSSR count). The lowest BCUT2D eigenvalue weighted by molar-refractivity contribution is 0.0729. The van der Waals surface area contributed by atoms with Crippen molar-refractivity contribution in [1.29, 1.82) is 0 Å². The lowest BCUT2D eigenvalue weighted by Crippen LogP contribution is -2.35. The lowest BCUT2D eigenvalue weighted by Gasteiger charge is -2.26. The third kappa shape index (κ3) is 1.98. The zero-order valence-electron chi connectivity index (χ0n) is 8.45. The second-order valence-electron chi connectivity index (χ2n) is 3.76. The summed E-state index contributed by atoms with van der Waals surface area (Å²) in [5, 5.41) is 0. The maximum Gasteiger partial charge on any atom is 0.263 e. The molecule has 0 saturated carbocycles. The largest absolute Gasteiger partial charge is 0.338 e. The minimum atomic E-state index is 0.225. The Balaban J connectivity index is 2.07. The van der Waals surface area contributed by atoms with Gasteiger partial charge < -0.3 is 4.90 Å². The Morgan fingerprint density at radius 1 is 1.29 bits per heavy atom. The summed E-state index contributed by atoms with van der Waals surface area (Å²) in [6.07, 6.45) is 3.60. The van der Waals surface area contributed by atoms with Crippen LogP contribution in [-0.4, -0.2) is 23.9 Å². The first-order valence-electron chi connectivity index (χ1n) is 5.13. The van der Waals surface area contributed by atoms with E-state index in [0.717, 1.165) is 30.8 Å². The summed E-state index contributed by atoms with van der Waals surface area (Å²) in [7, 11) is 0. The first-order chi connectivity index (χ1) is 6.77. The van der Waals surface area contributed by atoms with Crippen LogP contribution in [0.4, 0.5) is 0 Å². The van der Waals surface area contributed by atoms with Crippen molar-refractivity contribution < 1.29 is 4.79 Å². The van der Waals surface area contributed by atoms with Crippen LogP contribution in [0.25, 0.3) is 0 Å². The first-order valence-corrected chi connectivity index (χ1v) is 5.95. The minimum Gasteiger partial charge on any atom is -0.338 e. The summed E-state index contributed by atoms with van der Waals surface area (Å²) in [4.78, 5) is 16.0. The van der Waals surface area contributed by atoms with Crippen molar-refractivity contribution in [3.63, 3.8) is 0 Å². The van der Waals surface area contributed by atoms with Gasteiger partial charge >= 0.3 is 0 Å². The average Bonchev–Trinajstić information content (AvgIpc) is 2.65. The Morgan fingerprint density at radius 3 is 2.57 bits per heavy atom. The summed E-state index contributed by atoms with van der Waals surface area (Å²) in [6, 6.07) is 3.96. The van der Waals surface area contributed by atoms with Crippen LogP contribution in [0.2, 0.25) is 0 Å². The van der Waals surface area contributed by atoms with Crippen molar-refractivity contribution in [2.24, 2.45) is 0 Å². The van der Waals surface area contributed by atoms with Crippen LogP contribution in [0.15, 0.2) is 12.1 Å². The quantitative estimate of drug-likeness (QED) is 0.696. The van der Waals surface area contributed by atoms with E-state index >= 15 is 0 Å². The van der Waals surface area contributed by atoms with E-state index in [1.807, 2.05) is 24.0 Å². The van der Waals surface area contributed by atoms with Gasteiger partial charge in [-0.3, -0.25) is 4.79 Å². The monoisotopic (exact) mass is 209 g/mol. The first kappa shape index (κ1) is 9.71. The number of hydrogen-bond acceptors (Lipinski definition) is 2. The predicted octanol–water partition coefficient (Wildman–Crippen LogP) is 2.68. The van der Waals surface area contributed by atoms with Gasteiger partial charge in [0.05, 0.1) is 4.88 Å². The van der Waals surface area contributed by atoms with E-state index < -0.39 is 0 Å². The highest BCUT2D eigenvalue weighted by molar-refractivity contribution is 7.13. The highest BCUT2D eigenvalue weighted by Gasteiger charge is 2.18. The van der Waals surface area contributed by atoms with E-state index in [4.69, 9.17) is 0 Å². The molecule has 1 amide bonds. The molecule has 76 valence electrons. The van der Waals surface area contributed by atoms with Crippen molar-refractivity contribution in [2.75, 3.05) is 13.1 Å². The van der Waals surface area contributed by atoms with E-state index in [1.54, 1.807) is 11.3 Å². The van der Waals surface area contributed by atoms with E-state index in [0.29, 0.717) is 0 Å². The Bertz CT molecular complexity index is 326. The fourth-order valence-corrected chi connectivity index (χ4v) is 2.64. The van der Waals surface area contributed by atoms with Crippen LogP contribution in [0.3, 0.4) is 0 Å². The molecule has 2 nitrogen and oxygen atoms in total. The summed E-state index contributed by atoms with van der Waals surface area (Å²) in [5.41, 5.74) is 0. The SMILES string of the molecule is Cc1ccc(C(=O)N2CCCCC2)s1. The van der Waals surface area contributed by atoms with Crippen LogP contribution in [-0.2, 0) is 0 Å². The maximum atomic E-state index is 11.9. The Kier molecular flexibility index (Phi) is 2.87. The van der Waals surface area contributed by atoms with Gasteiger partial charge in [-0.15, -0.1) is 11.3 Å². The fraction of sp³-hybridized carbons (Fsp3) is 0.545. The minimum absolute atomic E-state index is 0.225. The highest BCUT2D eigenvalue weighted by Crippen LogP contribution is 2.19. The van der Waals surface area contributed by atoms with Crippen LogP contribution >= 0.6 is 11.3 Å². The van der Waals surface area contributed by atoms with Gasteiger partial charge in [-0.1, -0.05) is 0 Å². The number of nitrogens with zero attached hydrogens (tertiary/aromatic N) is 1. The Hall–Kier alpha value is -0.830. The molecule has 0 aliphatic carbocycles. The normalized spacial score (nSPS) is 17.1. The van der Waals surface area contributed by atoms with Gasteiger partial charge in [-0.05, 0) is 38.3 Å². The molecule has 0 aromatic carbocycles. The van der Waals surface area contributed by atoms with Crippen LogP contribution < -0.4 is 0 Å². The molecule has 2 heterocycles. The molecule has 0 atom stereocenters. The number of piperidine rings is 1. The molecule has 1 fully saturated rings. The number of carbonyl (C=O) groups excluding carboxylic acids is 1. The van der Waals surface area contributed by atoms with Gasteiger partial charge in [-0.25, -0.2) is 0 Å². The van der Waals surface area contributed by atoms with E-state index in [-0.39, 0.29) is 5.91 Å². The predicted molar refractivity (Wildman–Crippen MR) is 58.8 cm³/mol. The number of likely N-dealkylation sites (tertiary alicyclic amines) is 1. The zero-order chi connectivity index (χ0) is 9.97. The molecule has 1 aliphatic rings. The molecule has 1 aromatic rings. The number of aryl methyl sites for hydroxylation is 1. The number of amides is 1. The molecule has 0 N–H and O–H groups in total. The second kappa shape index (κ2) is 4.13. The molecular formula is C11H15NOS. The van der Waals surface area contributed by atoms with Crippen molar-refractivity contribution in [3.8, 4) is 0 Å². The molecule has 0 unspecified atom stereocenters. The van der Waals surface area contributed by atoms with Gasteiger partial charge in [0.25, 0.3) is 5.91 Å². The smallest absolute Gasteiger partial charge is 0.263 e. The molecule has 1 aromatic heterocycles. The molecule has 0 bridgehead atoms. The van der Waals surface area contributed by atoms with Gasteiger partial charge in [0, 0.05) is 18.0 Å². The van der Waals surface area contributed by atoms with Gasteiger partial charge in [-0.2, -0.15) is 0 Å². The van der Waals surface area contributed by atoms with Crippen LogP contribution in [0.5, 0.6) is 0 Å². The zero-order valence-corrected chi connectivity index (χ0v) is 9.27. The summed E-state index contributed by atoms with van der Waals surface area (Å²) in [5.74, 6) is 0.225. The van der Waals surface area contributed by atoms with Crippen molar-refractivity contribution in [1.82, 2.24) is 4.90 Å². The van der Waals surface area contributed by atoms with Crippen LogP contribution in [0, 0.1) is 6.92 Å². The summed E-state index contributed by atoms with van der Waals surface area (Å²) in [6.45, 7) is 3.92. The number of rotatable bonds is 1.